The summed E-state index contributed by atoms with van der Waals surface area (Å²) < 4.78 is 0. The Hall–Kier alpha value is -0.420. The van der Waals surface area contributed by atoms with Crippen molar-refractivity contribution in [1.29, 1.82) is 0 Å². The zero-order valence-electron chi connectivity index (χ0n) is 12.7. The zero-order valence-corrected chi connectivity index (χ0v) is 13.6. The normalized spacial score (nSPS) is 18.6. The number of nitrogens with one attached hydrogen (secondary N) is 2. The average Bonchev–Trinajstić information content (AvgIpc) is 2.44. The van der Waals surface area contributed by atoms with E-state index in [2.05, 4.69) is 33.8 Å². The van der Waals surface area contributed by atoms with Crippen molar-refractivity contribution >= 4 is 17.7 Å². The van der Waals surface area contributed by atoms with Crippen molar-refractivity contribution in [3.63, 3.8) is 0 Å². The Kier molecular flexibility index (Phi) is 9.08. The Morgan fingerprint density at radius 2 is 2.00 bits per heavy atom. The molecular formula is C14H30N4S. The Bertz CT molecular complexity index is 250. The Balaban J connectivity index is 2.08. The number of thioether (sulfide) groups is 1. The summed E-state index contributed by atoms with van der Waals surface area (Å²) in [6, 6.07) is 0. The van der Waals surface area contributed by atoms with E-state index >= 15 is 0 Å². The molecule has 1 fully saturated rings. The molecule has 2 N–H and O–H groups in total. The summed E-state index contributed by atoms with van der Waals surface area (Å²) in [5.41, 5.74) is 0. The predicted octanol–water partition coefficient (Wildman–Crippen LogP) is 1.64. The van der Waals surface area contributed by atoms with Crippen LogP contribution in [0.15, 0.2) is 4.99 Å². The summed E-state index contributed by atoms with van der Waals surface area (Å²) in [5, 5.41) is 6.86. The quantitative estimate of drug-likeness (QED) is 0.424. The molecule has 112 valence electrons. The largest absolute Gasteiger partial charge is 0.356 e. The Labute approximate surface area is 122 Å². The van der Waals surface area contributed by atoms with E-state index in [0.717, 1.165) is 25.0 Å². The zero-order chi connectivity index (χ0) is 13.9. The fourth-order valence-corrected chi connectivity index (χ4v) is 2.80. The molecule has 19 heavy (non-hydrogen) atoms. The molecule has 0 aromatic carbocycles. The number of unbranched alkanes of at least 4 members (excludes halogenated alkanes) is 1. The van der Waals surface area contributed by atoms with Gasteiger partial charge in [-0.05, 0) is 63.7 Å². The van der Waals surface area contributed by atoms with Crippen molar-refractivity contribution in [2.24, 2.45) is 10.9 Å². The van der Waals surface area contributed by atoms with Gasteiger partial charge in [0.15, 0.2) is 5.96 Å². The fraction of sp³-hybridized carbons (Fsp3) is 0.929. The molecule has 5 heteroatoms. The molecule has 1 aliphatic rings. The summed E-state index contributed by atoms with van der Waals surface area (Å²) in [7, 11) is 4.06. The van der Waals surface area contributed by atoms with Gasteiger partial charge in [-0.25, -0.2) is 0 Å². The highest BCUT2D eigenvalue weighted by atomic mass is 32.2. The molecule has 1 aliphatic heterocycles. The summed E-state index contributed by atoms with van der Waals surface area (Å²) in [4.78, 5) is 6.70. The van der Waals surface area contributed by atoms with E-state index < -0.39 is 0 Å². The van der Waals surface area contributed by atoms with Gasteiger partial charge in [-0.1, -0.05) is 0 Å². The van der Waals surface area contributed by atoms with Crippen molar-refractivity contribution < 1.29 is 0 Å². The van der Waals surface area contributed by atoms with Gasteiger partial charge >= 0.3 is 0 Å². The second kappa shape index (κ2) is 10.4. The van der Waals surface area contributed by atoms with Gasteiger partial charge in [-0.3, -0.25) is 4.99 Å². The van der Waals surface area contributed by atoms with Crippen LogP contribution in [0.4, 0.5) is 0 Å². The molecule has 0 amide bonds. The maximum atomic E-state index is 4.28. The first-order valence-electron chi connectivity index (χ1n) is 7.38. The van der Waals surface area contributed by atoms with E-state index in [9.17, 15) is 0 Å². The SMILES string of the molecule is CN=C(NCCCCSC)NCC1CCN(C)CC1. The molecule has 1 heterocycles. The highest BCUT2D eigenvalue weighted by molar-refractivity contribution is 7.98. The Morgan fingerprint density at radius 1 is 1.26 bits per heavy atom. The van der Waals surface area contributed by atoms with Crippen molar-refractivity contribution in [2.75, 3.05) is 52.3 Å². The van der Waals surface area contributed by atoms with Crippen molar-refractivity contribution in [2.45, 2.75) is 25.7 Å². The second-order valence-electron chi connectivity index (χ2n) is 5.33. The number of hydrogen-bond acceptors (Lipinski definition) is 3. The van der Waals surface area contributed by atoms with Crippen LogP contribution in [0.2, 0.25) is 0 Å². The molecule has 0 unspecified atom stereocenters. The summed E-state index contributed by atoms with van der Waals surface area (Å²) in [6.07, 6.45) is 7.26. The molecule has 0 radical (unpaired) electrons. The number of nitrogens with zero attached hydrogens (tertiary/aromatic N) is 2. The first-order valence-corrected chi connectivity index (χ1v) is 8.77. The maximum absolute atomic E-state index is 4.28. The fourth-order valence-electron chi connectivity index (χ4n) is 2.31. The average molecular weight is 286 g/mol. The van der Waals surface area contributed by atoms with Gasteiger partial charge in [0.25, 0.3) is 0 Å². The lowest BCUT2D eigenvalue weighted by molar-refractivity contribution is 0.220. The third-order valence-electron chi connectivity index (χ3n) is 3.69. The molecule has 0 aromatic heterocycles. The molecular weight excluding hydrogens is 256 g/mol. The van der Waals surface area contributed by atoms with Crippen molar-refractivity contribution in [3.05, 3.63) is 0 Å². The molecule has 0 aromatic rings. The van der Waals surface area contributed by atoms with Gasteiger partial charge in [-0.15, -0.1) is 0 Å². The van der Waals surface area contributed by atoms with Gasteiger partial charge in [0.1, 0.15) is 0 Å². The third-order valence-corrected chi connectivity index (χ3v) is 4.38. The number of rotatable bonds is 7. The van der Waals surface area contributed by atoms with Crippen LogP contribution in [-0.4, -0.2) is 63.1 Å². The monoisotopic (exact) mass is 286 g/mol. The molecule has 0 saturated carbocycles. The molecule has 0 aliphatic carbocycles. The number of guanidine groups is 1. The van der Waals surface area contributed by atoms with Gasteiger partial charge < -0.3 is 15.5 Å². The molecule has 4 nitrogen and oxygen atoms in total. The Morgan fingerprint density at radius 3 is 2.63 bits per heavy atom. The van der Waals surface area contributed by atoms with E-state index in [1.165, 1.54) is 44.5 Å². The highest BCUT2D eigenvalue weighted by Gasteiger charge is 2.16. The first-order chi connectivity index (χ1) is 9.26. The third kappa shape index (κ3) is 7.67. The molecule has 1 saturated heterocycles. The van der Waals surface area contributed by atoms with Gasteiger partial charge in [-0.2, -0.15) is 11.8 Å². The van der Waals surface area contributed by atoms with Crippen LogP contribution in [0, 0.1) is 5.92 Å². The highest BCUT2D eigenvalue weighted by Crippen LogP contribution is 2.14. The lowest BCUT2D eigenvalue weighted by Gasteiger charge is -2.29. The number of piperidine rings is 1. The minimum atomic E-state index is 0.797. The first kappa shape index (κ1) is 16.6. The summed E-state index contributed by atoms with van der Waals surface area (Å²) >= 11 is 1.92. The second-order valence-corrected chi connectivity index (χ2v) is 6.31. The molecule has 0 bridgehead atoms. The van der Waals surface area contributed by atoms with Crippen LogP contribution < -0.4 is 10.6 Å². The van der Waals surface area contributed by atoms with Crippen LogP contribution in [0.3, 0.4) is 0 Å². The number of likely N-dealkylation sites (tertiary alicyclic amines) is 1. The molecule has 0 atom stereocenters. The van der Waals surface area contributed by atoms with E-state index in [4.69, 9.17) is 0 Å². The molecule has 1 rings (SSSR count). The summed E-state index contributed by atoms with van der Waals surface area (Å²) in [6.45, 7) is 4.53. The lowest BCUT2D eigenvalue weighted by Crippen LogP contribution is -2.42. The topological polar surface area (TPSA) is 39.7 Å². The van der Waals surface area contributed by atoms with Gasteiger partial charge in [0.05, 0.1) is 0 Å². The van der Waals surface area contributed by atoms with E-state index in [-0.39, 0.29) is 0 Å². The van der Waals surface area contributed by atoms with Crippen molar-refractivity contribution in [1.82, 2.24) is 15.5 Å². The van der Waals surface area contributed by atoms with E-state index in [0.29, 0.717) is 0 Å². The number of hydrogen-bond donors (Lipinski definition) is 2. The van der Waals surface area contributed by atoms with E-state index in [1.54, 1.807) is 0 Å². The van der Waals surface area contributed by atoms with Gasteiger partial charge in [0, 0.05) is 20.1 Å². The predicted molar refractivity (Wildman–Crippen MR) is 87.2 cm³/mol. The minimum absolute atomic E-state index is 0.797. The number of aliphatic imine (C=N–C) groups is 1. The standard InChI is InChI=1S/C14H30N4S/c1-15-14(16-8-4-5-11-19-3)17-12-13-6-9-18(2)10-7-13/h13H,4-12H2,1-3H3,(H2,15,16,17). The van der Waals surface area contributed by atoms with Crippen LogP contribution in [0.25, 0.3) is 0 Å². The van der Waals surface area contributed by atoms with Crippen LogP contribution in [-0.2, 0) is 0 Å². The van der Waals surface area contributed by atoms with E-state index in [1.807, 2.05) is 18.8 Å². The van der Waals surface area contributed by atoms with Crippen LogP contribution in [0.5, 0.6) is 0 Å². The van der Waals surface area contributed by atoms with Gasteiger partial charge in [0.2, 0.25) is 0 Å². The van der Waals surface area contributed by atoms with Crippen LogP contribution in [0.1, 0.15) is 25.7 Å². The lowest BCUT2D eigenvalue weighted by atomic mass is 9.97. The van der Waals surface area contributed by atoms with Crippen LogP contribution >= 0.6 is 11.8 Å². The van der Waals surface area contributed by atoms with Crippen molar-refractivity contribution in [3.8, 4) is 0 Å². The molecule has 0 spiro atoms. The minimum Gasteiger partial charge on any atom is -0.356 e. The smallest absolute Gasteiger partial charge is 0.190 e. The maximum Gasteiger partial charge on any atom is 0.190 e. The summed E-state index contributed by atoms with van der Waals surface area (Å²) in [5.74, 6) is 3.01.